The van der Waals surface area contributed by atoms with Gasteiger partial charge in [-0.1, -0.05) is 47.8 Å². The molecule has 6 fully saturated rings. The van der Waals surface area contributed by atoms with Gasteiger partial charge < -0.3 is 0 Å². The monoisotopic (exact) mass is 380 g/mol. The average Bonchev–Trinajstić information content (AvgIpc) is 2.79. The van der Waals surface area contributed by atoms with Crippen molar-refractivity contribution in [3.8, 4) is 0 Å². The van der Waals surface area contributed by atoms with Gasteiger partial charge in [-0.05, 0) is 53.8 Å². The SMILES string of the molecule is Br[C@H]1[C@@H]2[C@H]3[C@@H]4C[C@H]5[C@H]([C@@H]14)[C@@H]2C(Br)(Br)[C@@H]53. The van der Waals surface area contributed by atoms with Gasteiger partial charge in [0.2, 0.25) is 0 Å². The van der Waals surface area contributed by atoms with Crippen LogP contribution >= 0.6 is 47.8 Å². The summed E-state index contributed by atoms with van der Waals surface area (Å²) in [6.07, 6.45) is 1.55. The summed E-state index contributed by atoms with van der Waals surface area (Å²) in [6, 6.07) is 0. The molecule has 0 nitrogen and oxygen atoms in total. The maximum atomic E-state index is 4.01. The Balaban J connectivity index is 1.85. The van der Waals surface area contributed by atoms with Gasteiger partial charge in [-0.3, -0.25) is 0 Å². The van der Waals surface area contributed by atoms with Gasteiger partial charge in [-0.15, -0.1) is 0 Å². The van der Waals surface area contributed by atoms with E-state index in [1.165, 1.54) is 0 Å². The summed E-state index contributed by atoms with van der Waals surface area (Å²) in [5, 5.41) is 0. The van der Waals surface area contributed by atoms with Crippen molar-refractivity contribution < 1.29 is 0 Å². The summed E-state index contributed by atoms with van der Waals surface area (Å²) < 4.78 is 0.330. The van der Waals surface area contributed by atoms with Crippen LogP contribution in [-0.2, 0) is 0 Å². The Morgan fingerprint density at radius 2 is 1.57 bits per heavy atom. The summed E-state index contributed by atoms with van der Waals surface area (Å²) in [6.45, 7) is 0. The molecule has 0 amide bonds. The van der Waals surface area contributed by atoms with Gasteiger partial charge in [0, 0.05) is 4.83 Å². The van der Waals surface area contributed by atoms with Crippen molar-refractivity contribution in [2.24, 2.45) is 47.3 Å². The van der Waals surface area contributed by atoms with Crippen LogP contribution in [0.2, 0.25) is 0 Å². The molecule has 6 rings (SSSR count). The third-order valence-corrected chi connectivity index (χ3v) is 9.58. The summed E-state index contributed by atoms with van der Waals surface area (Å²) in [4.78, 5) is 0.861. The standard InChI is InChI=1S/C11H11Br3/c12-10-6-2-1-3-5(6)9-7(10)4(2)8(3)11(9,13)14/h2-10H,1H2/t2-,3-,4+,5+,6-,7+,8-,9-,10+/m0/s1. The zero-order chi connectivity index (χ0) is 9.40. The molecule has 0 radical (unpaired) electrons. The molecule has 0 aliphatic heterocycles. The molecule has 9 atom stereocenters. The highest BCUT2D eigenvalue weighted by molar-refractivity contribution is 9.25. The highest BCUT2D eigenvalue weighted by Gasteiger charge is 2.86. The molecular weight excluding hydrogens is 372 g/mol. The summed E-state index contributed by atoms with van der Waals surface area (Å²) in [5.41, 5.74) is 0. The first-order valence-electron chi connectivity index (χ1n) is 5.66. The molecule has 14 heavy (non-hydrogen) atoms. The number of hydrogen-bond acceptors (Lipinski definition) is 0. The lowest BCUT2D eigenvalue weighted by atomic mass is 9.71. The van der Waals surface area contributed by atoms with E-state index in [9.17, 15) is 0 Å². The maximum absolute atomic E-state index is 4.01. The fraction of sp³-hybridized carbons (Fsp3) is 1.00. The van der Waals surface area contributed by atoms with E-state index >= 15 is 0 Å². The molecular formula is C11H11Br3. The average molecular weight is 383 g/mol. The molecule has 3 heteroatoms. The van der Waals surface area contributed by atoms with Gasteiger partial charge in [-0.2, -0.15) is 0 Å². The molecule has 6 aliphatic rings. The molecule has 0 saturated heterocycles. The first-order valence-corrected chi connectivity index (χ1v) is 8.16. The fourth-order valence-corrected chi connectivity index (χ4v) is 10.4. The third kappa shape index (κ3) is 0.551. The van der Waals surface area contributed by atoms with E-state index < -0.39 is 0 Å². The van der Waals surface area contributed by atoms with E-state index in [0.29, 0.717) is 3.23 Å². The second-order valence-corrected chi connectivity index (χ2v) is 10.8. The Morgan fingerprint density at radius 1 is 0.857 bits per heavy atom. The molecule has 6 aliphatic carbocycles. The lowest BCUT2D eigenvalue weighted by Crippen LogP contribution is -2.30. The molecule has 0 heterocycles. The van der Waals surface area contributed by atoms with Gasteiger partial charge in [0.1, 0.15) is 0 Å². The lowest BCUT2D eigenvalue weighted by molar-refractivity contribution is 0.132. The first kappa shape index (κ1) is 8.52. The van der Waals surface area contributed by atoms with Crippen LogP contribution in [-0.4, -0.2) is 8.06 Å². The molecule has 76 valence electrons. The molecule has 6 saturated carbocycles. The Bertz CT molecular complexity index is 350. The first-order chi connectivity index (χ1) is 6.64. The predicted molar refractivity (Wildman–Crippen MR) is 65.8 cm³/mol. The Hall–Kier alpha value is 1.44. The van der Waals surface area contributed by atoms with Crippen molar-refractivity contribution in [1.29, 1.82) is 0 Å². The zero-order valence-electron chi connectivity index (χ0n) is 7.54. The van der Waals surface area contributed by atoms with Gasteiger partial charge in [0.05, 0.1) is 3.23 Å². The smallest absolute Gasteiger partial charge is 0.0873 e. The van der Waals surface area contributed by atoms with Crippen LogP contribution in [0.15, 0.2) is 0 Å². The van der Waals surface area contributed by atoms with E-state index in [2.05, 4.69) is 47.8 Å². The van der Waals surface area contributed by atoms with Gasteiger partial charge in [0.25, 0.3) is 0 Å². The van der Waals surface area contributed by atoms with Crippen molar-refractivity contribution in [3.63, 3.8) is 0 Å². The number of rotatable bonds is 0. The Labute approximate surface area is 109 Å². The van der Waals surface area contributed by atoms with Crippen LogP contribution in [0, 0.1) is 47.3 Å². The van der Waals surface area contributed by atoms with Crippen LogP contribution < -0.4 is 0 Å². The summed E-state index contributed by atoms with van der Waals surface area (Å²) in [5.74, 6) is 8.23. The molecule has 0 N–H and O–H groups in total. The topological polar surface area (TPSA) is 0 Å². The van der Waals surface area contributed by atoms with E-state index in [-0.39, 0.29) is 0 Å². The second kappa shape index (κ2) is 2.08. The molecule has 0 aromatic heterocycles. The summed E-state index contributed by atoms with van der Waals surface area (Å²) in [7, 11) is 0. The van der Waals surface area contributed by atoms with Crippen molar-refractivity contribution in [3.05, 3.63) is 0 Å². The van der Waals surface area contributed by atoms with Crippen LogP contribution in [0.1, 0.15) is 6.42 Å². The van der Waals surface area contributed by atoms with E-state index in [1.54, 1.807) is 6.42 Å². The van der Waals surface area contributed by atoms with E-state index in [1.807, 2.05) is 0 Å². The molecule has 0 aromatic rings. The molecule has 0 spiro atoms. The normalized spacial score (nSPS) is 78.6. The molecule has 6 bridgehead atoms. The minimum atomic E-state index is 0.330. The largest absolute Gasteiger partial charge is 0.0884 e. The Morgan fingerprint density at radius 3 is 2.29 bits per heavy atom. The molecule has 0 aromatic carbocycles. The quantitative estimate of drug-likeness (QED) is 0.561. The number of halogens is 3. The second-order valence-electron chi connectivity index (χ2n) is 6.04. The molecule has 0 unspecified atom stereocenters. The van der Waals surface area contributed by atoms with Crippen LogP contribution in [0.25, 0.3) is 0 Å². The van der Waals surface area contributed by atoms with Gasteiger partial charge in [0.15, 0.2) is 0 Å². The minimum absolute atomic E-state index is 0.330. The predicted octanol–water partition coefficient (Wildman–Crippen LogP) is 3.62. The highest BCUT2D eigenvalue weighted by Crippen LogP contribution is 2.88. The van der Waals surface area contributed by atoms with Crippen LogP contribution in [0.5, 0.6) is 0 Å². The maximum Gasteiger partial charge on any atom is 0.0873 e. The van der Waals surface area contributed by atoms with Crippen LogP contribution in [0.4, 0.5) is 0 Å². The van der Waals surface area contributed by atoms with Crippen molar-refractivity contribution >= 4 is 47.8 Å². The van der Waals surface area contributed by atoms with E-state index in [4.69, 9.17) is 0 Å². The summed E-state index contributed by atoms with van der Waals surface area (Å²) >= 11 is 12.0. The zero-order valence-corrected chi connectivity index (χ0v) is 12.3. The fourth-order valence-electron chi connectivity index (χ4n) is 6.47. The lowest BCUT2D eigenvalue weighted by Gasteiger charge is -2.33. The van der Waals surface area contributed by atoms with Gasteiger partial charge in [-0.25, -0.2) is 0 Å². The van der Waals surface area contributed by atoms with Crippen LogP contribution in [0.3, 0.4) is 0 Å². The van der Waals surface area contributed by atoms with Crippen molar-refractivity contribution in [1.82, 2.24) is 0 Å². The third-order valence-electron chi connectivity index (χ3n) is 6.25. The Kier molecular flexibility index (Phi) is 1.26. The van der Waals surface area contributed by atoms with E-state index in [0.717, 1.165) is 52.2 Å². The van der Waals surface area contributed by atoms with Crippen molar-refractivity contribution in [2.45, 2.75) is 14.5 Å². The van der Waals surface area contributed by atoms with Gasteiger partial charge >= 0.3 is 0 Å². The number of alkyl halides is 3. The van der Waals surface area contributed by atoms with Crippen molar-refractivity contribution in [2.75, 3.05) is 0 Å². The highest BCUT2D eigenvalue weighted by atomic mass is 79.9. The minimum Gasteiger partial charge on any atom is -0.0884 e. The number of hydrogen-bond donors (Lipinski definition) is 0.